The SMILES string of the molecule is Cc1ccc(Cl)cc1S(=O)(=O)NC(=O)C1CCN(c2ccc(F)cc2C#N)CC1. The van der Waals surface area contributed by atoms with Crippen LogP contribution in [0.3, 0.4) is 0 Å². The van der Waals surface area contributed by atoms with Gasteiger partial charge in [-0.1, -0.05) is 17.7 Å². The first-order valence-electron chi connectivity index (χ1n) is 8.98. The number of benzene rings is 2. The van der Waals surface area contributed by atoms with E-state index in [0.717, 1.165) is 0 Å². The minimum atomic E-state index is -4.03. The van der Waals surface area contributed by atoms with Gasteiger partial charge >= 0.3 is 0 Å². The smallest absolute Gasteiger partial charge is 0.264 e. The zero-order valence-electron chi connectivity index (χ0n) is 15.7. The second-order valence-electron chi connectivity index (χ2n) is 6.91. The number of anilines is 1. The molecule has 9 heteroatoms. The number of carbonyl (C=O) groups excluding carboxylic acids is 1. The minimum absolute atomic E-state index is 0.0271. The monoisotopic (exact) mass is 435 g/mol. The number of nitrogens with one attached hydrogen (secondary N) is 1. The zero-order valence-corrected chi connectivity index (χ0v) is 17.2. The number of sulfonamides is 1. The molecule has 1 N–H and O–H groups in total. The first-order chi connectivity index (χ1) is 13.7. The zero-order chi connectivity index (χ0) is 21.2. The molecular formula is C20H19ClFN3O3S. The summed E-state index contributed by atoms with van der Waals surface area (Å²) in [4.78, 5) is 14.4. The topological polar surface area (TPSA) is 90.3 Å². The molecule has 0 bridgehead atoms. The first kappa shape index (κ1) is 21.1. The average molecular weight is 436 g/mol. The predicted molar refractivity (Wildman–Crippen MR) is 108 cm³/mol. The van der Waals surface area contributed by atoms with Gasteiger partial charge < -0.3 is 4.90 Å². The molecule has 2 aromatic carbocycles. The molecule has 0 aromatic heterocycles. The molecule has 6 nitrogen and oxygen atoms in total. The Morgan fingerprint density at radius 3 is 2.59 bits per heavy atom. The molecule has 0 spiro atoms. The van der Waals surface area contributed by atoms with Crippen LogP contribution >= 0.6 is 11.6 Å². The van der Waals surface area contributed by atoms with Crippen molar-refractivity contribution in [1.82, 2.24) is 4.72 Å². The van der Waals surface area contributed by atoms with Gasteiger partial charge in [0.05, 0.1) is 16.1 Å². The third-order valence-corrected chi connectivity index (χ3v) is 6.68. The molecule has 0 unspecified atom stereocenters. The average Bonchev–Trinajstić information content (AvgIpc) is 2.69. The third kappa shape index (κ3) is 4.69. The van der Waals surface area contributed by atoms with E-state index in [4.69, 9.17) is 11.6 Å². The number of nitrogens with zero attached hydrogens (tertiary/aromatic N) is 2. The van der Waals surface area contributed by atoms with Gasteiger partial charge in [0, 0.05) is 24.0 Å². The van der Waals surface area contributed by atoms with Crippen molar-refractivity contribution in [3.05, 3.63) is 58.4 Å². The van der Waals surface area contributed by atoms with Crippen LogP contribution in [0.4, 0.5) is 10.1 Å². The van der Waals surface area contributed by atoms with Gasteiger partial charge in [0.2, 0.25) is 5.91 Å². The highest BCUT2D eigenvalue weighted by molar-refractivity contribution is 7.90. The highest BCUT2D eigenvalue weighted by atomic mass is 35.5. The normalized spacial score (nSPS) is 15.0. The van der Waals surface area contributed by atoms with Crippen molar-refractivity contribution in [1.29, 1.82) is 5.26 Å². The van der Waals surface area contributed by atoms with Gasteiger partial charge in [-0.05, 0) is 55.7 Å². The Balaban J connectivity index is 1.68. The molecule has 1 aliphatic rings. The second-order valence-corrected chi connectivity index (χ2v) is 9.00. The van der Waals surface area contributed by atoms with Gasteiger partial charge in [-0.15, -0.1) is 0 Å². The molecule has 1 saturated heterocycles. The lowest BCUT2D eigenvalue weighted by molar-refractivity contribution is -0.123. The highest BCUT2D eigenvalue weighted by Crippen LogP contribution is 2.27. The molecule has 29 heavy (non-hydrogen) atoms. The number of hydrogen-bond acceptors (Lipinski definition) is 5. The number of halogens is 2. The number of hydrogen-bond donors (Lipinski definition) is 1. The van der Waals surface area contributed by atoms with Crippen LogP contribution in [-0.4, -0.2) is 27.4 Å². The van der Waals surface area contributed by atoms with Gasteiger partial charge in [-0.3, -0.25) is 4.79 Å². The molecule has 1 fully saturated rings. The van der Waals surface area contributed by atoms with Crippen molar-refractivity contribution in [2.45, 2.75) is 24.7 Å². The van der Waals surface area contributed by atoms with E-state index in [1.165, 1.54) is 18.2 Å². The minimum Gasteiger partial charge on any atom is -0.370 e. The van der Waals surface area contributed by atoms with Crippen LogP contribution in [0.15, 0.2) is 41.3 Å². The maximum absolute atomic E-state index is 13.3. The molecule has 1 amide bonds. The number of nitriles is 1. The Hall–Kier alpha value is -2.63. The summed E-state index contributed by atoms with van der Waals surface area (Å²) in [7, 11) is -4.03. The molecule has 1 aliphatic heterocycles. The summed E-state index contributed by atoms with van der Waals surface area (Å²) in [5.74, 6) is -1.53. The van der Waals surface area contributed by atoms with E-state index in [2.05, 4.69) is 4.72 Å². The number of carbonyl (C=O) groups is 1. The van der Waals surface area contributed by atoms with Crippen LogP contribution in [-0.2, 0) is 14.8 Å². The fourth-order valence-corrected chi connectivity index (χ4v) is 4.94. The molecule has 1 heterocycles. The lowest BCUT2D eigenvalue weighted by atomic mass is 9.95. The fourth-order valence-electron chi connectivity index (χ4n) is 3.39. The third-order valence-electron chi connectivity index (χ3n) is 4.96. The van der Waals surface area contributed by atoms with Gasteiger partial charge in [0.1, 0.15) is 11.9 Å². The molecule has 2 aromatic rings. The maximum atomic E-state index is 13.3. The van der Waals surface area contributed by atoms with Gasteiger partial charge in [-0.25, -0.2) is 17.5 Å². The fraction of sp³-hybridized carbons (Fsp3) is 0.300. The maximum Gasteiger partial charge on any atom is 0.264 e. The van der Waals surface area contributed by atoms with Crippen molar-refractivity contribution >= 4 is 33.2 Å². The Kier molecular flexibility index (Phi) is 6.10. The van der Waals surface area contributed by atoms with Crippen molar-refractivity contribution in [3.8, 4) is 6.07 Å². The van der Waals surface area contributed by atoms with E-state index < -0.39 is 27.7 Å². The quantitative estimate of drug-likeness (QED) is 0.795. The van der Waals surface area contributed by atoms with Crippen molar-refractivity contribution in [2.75, 3.05) is 18.0 Å². The van der Waals surface area contributed by atoms with Crippen LogP contribution in [0.5, 0.6) is 0 Å². The summed E-state index contributed by atoms with van der Waals surface area (Å²) in [6, 6.07) is 10.5. The molecule has 152 valence electrons. The summed E-state index contributed by atoms with van der Waals surface area (Å²) >= 11 is 5.89. The van der Waals surface area contributed by atoms with Crippen molar-refractivity contribution in [3.63, 3.8) is 0 Å². The highest BCUT2D eigenvalue weighted by Gasteiger charge is 2.29. The van der Waals surface area contributed by atoms with Crippen LogP contribution in [0.1, 0.15) is 24.0 Å². The lowest BCUT2D eigenvalue weighted by Gasteiger charge is -2.33. The van der Waals surface area contributed by atoms with E-state index in [-0.39, 0.29) is 15.5 Å². The van der Waals surface area contributed by atoms with Gasteiger partial charge in [-0.2, -0.15) is 5.26 Å². The van der Waals surface area contributed by atoms with E-state index in [9.17, 15) is 22.9 Å². The molecule has 0 aliphatic carbocycles. The van der Waals surface area contributed by atoms with Crippen LogP contribution in [0.2, 0.25) is 5.02 Å². The summed E-state index contributed by atoms with van der Waals surface area (Å²) in [5.41, 5.74) is 1.33. The molecular weight excluding hydrogens is 417 g/mol. The van der Waals surface area contributed by atoms with E-state index in [1.807, 2.05) is 11.0 Å². The van der Waals surface area contributed by atoms with Crippen LogP contribution in [0.25, 0.3) is 0 Å². The number of piperidine rings is 1. The Morgan fingerprint density at radius 2 is 1.93 bits per heavy atom. The van der Waals surface area contributed by atoms with Crippen LogP contribution in [0, 0.1) is 30.0 Å². The first-order valence-corrected chi connectivity index (χ1v) is 10.8. The molecule has 3 rings (SSSR count). The second kappa shape index (κ2) is 8.39. The van der Waals surface area contributed by atoms with E-state index in [0.29, 0.717) is 37.2 Å². The molecule has 0 saturated carbocycles. The Bertz CT molecular complexity index is 1090. The standard InChI is InChI=1S/C20H19ClFN3O3S/c1-13-2-3-16(21)11-19(13)29(27,28)24-20(26)14-6-8-25(9-7-14)18-5-4-17(22)10-15(18)12-23/h2-5,10-11,14H,6-9H2,1H3,(H,24,26). The Labute approximate surface area is 173 Å². The predicted octanol–water partition coefficient (Wildman–Crippen LogP) is 3.38. The Morgan fingerprint density at radius 1 is 1.24 bits per heavy atom. The summed E-state index contributed by atoms with van der Waals surface area (Å²) < 4.78 is 40.7. The van der Waals surface area contributed by atoms with E-state index in [1.54, 1.807) is 25.1 Å². The van der Waals surface area contributed by atoms with Gasteiger partial charge in [0.25, 0.3) is 10.0 Å². The number of amides is 1. The summed E-state index contributed by atoms with van der Waals surface area (Å²) in [5, 5.41) is 9.48. The molecule has 0 radical (unpaired) electrons. The lowest BCUT2D eigenvalue weighted by Crippen LogP contribution is -2.42. The number of aryl methyl sites for hydroxylation is 1. The van der Waals surface area contributed by atoms with E-state index >= 15 is 0 Å². The largest absolute Gasteiger partial charge is 0.370 e. The summed E-state index contributed by atoms with van der Waals surface area (Å²) in [6.07, 6.45) is 0.830. The van der Waals surface area contributed by atoms with Crippen molar-refractivity contribution < 1.29 is 17.6 Å². The number of rotatable bonds is 4. The molecule has 0 atom stereocenters. The van der Waals surface area contributed by atoms with Crippen molar-refractivity contribution in [2.24, 2.45) is 5.92 Å². The summed E-state index contributed by atoms with van der Waals surface area (Å²) in [6.45, 7) is 2.53. The van der Waals surface area contributed by atoms with Crippen LogP contribution < -0.4 is 9.62 Å². The van der Waals surface area contributed by atoms with Gasteiger partial charge in [0.15, 0.2) is 0 Å².